The van der Waals surface area contributed by atoms with E-state index < -0.39 is 24.0 Å². The maximum Gasteiger partial charge on any atom is 0.248 e. The van der Waals surface area contributed by atoms with Gasteiger partial charge in [0.05, 0.1) is 12.6 Å². The fourth-order valence-corrected chi connectivity index (χ4v) is 2.06. The Balaban J connectivity index is 1.96. The van der Waals surface area contributed by atoms with Crippen LogP contribution in [0.15, 0.2) is 30.5 Å². The Kier molecular flexibility index (Phi) is 4.56. The highest BCUT2D eigenvalue weighted by atomic mass is 16.3. The smallest absolute Gasteiger partial charge is 0.248 e. The molecule has 1 aromatic carbocycles. The van der Waals surface area contributed by atoms with Crippen LogP contribution in [0.1, 0.15) is 5.56 Å². The number of carbonyl (C=O) groups excluding carboxylic acids is 2. The number of primary amides is 1. The van der Waals surface area contributed by atoms with Gasteiger partial charge in [-0.05, 0) is 18.1 Å². The molecule has 0 fully saturated rings. The van der Waals surface area contributed by atoms with Crippen LogP contribution < -0.4 is 16.8 Å². The first-order valence-corrected chi connectivity index (χ1v) is 6.54. The van der Waals surface area contributed by atoms with Crippen LogP contribution >= 0.6 is 0 Å². The van der Waals surface area contributed by atoms with E-state index in [2.05, 4.69) is 10.3 Å². The zero-order valence-electron chi connectivity index (χ0n) is 11.4. The van der Waals surface area contributed by atoms with Crippen molar-refractivity contribution in [1.29, 1.82) is 0 Å². The van der Waals surface area contributed by atoms with Gasteiger partial charge in [0.15, 0.2) is 0 Å². The number of nitrogens with two attached hydrogens (primary N) is 2. The van der Waals surface area contributed by atoms with E-state index in [-0.39, 0.29) is 6.54 Å². The summed E-state index contributed by atoms with van der Waals surface area (Å²) in [6, 6.07) is 6.94. The van der Waals surface area contributed by atoms with Crippen molar-refractivity contribution in [2.24, 2.45) is 11.5 Å². The molecule has 2 aromatic rings. The number of aliphatic hydroxyl groups excluding tert-OH is 1. The van der Waals surface area contributed by atoms with E-state index in [1.807, 2.05) is 30.5 Å². The SMILES string of the molecule is NC(=O)C(O)CNC(=O)C(N)Cc1c[nH]c2ccccc12. The van der Waals surface area contributed by atoms with Gasteiger partial charge in [-0.1, -0.05) is 18.2 Å². The third kappa shape index (κ3) is 3.59. The lowest BCUT2D eigenvalue weighted by Gasteiger charge is -2.13. The first-order chi connectivity index (χ1) is 9.99. The summed E-state index contributed by atoms with van der Waals surface area (Å²) in [5.41, 5.74) is 12.6. The van der Waals surface area contributed by atoms with E-state index in [4.69, 9.17) is 11.5 Å². The summed E-state index contributed by atoms with van der Waals surface area (Å²) in [7, 11) is 0. The van der Waals surface area contributed by atoms with Crippen LogP contribution in [0.3, 0.4) is 0 Å². The molecular formula is C14H18N4O3. The van der Waals surface area contributed by atoms with Crippen LogP contribution in [0.25, 0.3) is 10.9 Å². The Bertz CT molecular complexity index is 652. The van der Waals surface area contributed by atoms with E-state index in [0.717, 1.165) is 16.5 Å². The van der Waals surface area contributed by atoms with Gasteiger partial charge < -0.3 is 26.9 Å². The maximum absolute atomic E-state index is 11.8. The topological polar surface area (TPSA) is 134 Å². The quantitative estimate of drug-likeness (QED) is 0.466. The molecular weight excluding hydrogens is 272 g/mol. The number of hydrogen-bond donors (Lipinski definition) is 5. The van der Waals surface area contributed by atoms with E-state index in [9.17, 15) is 14.7 Å². The second-order valence-electron chi connectivity index (χ2n) is 4.83. The summed E-state index contributed by atoms with van der Waals surface area (Å²) in [5, 5.41) is 12.6. The van der Waals surface area contributed by atoms with Crippen LogP contribution in [0.4, 0.5) is 0 Å². The fraction of sp³-hybridized carbons (Fsp3) is 0.286. The predicted octanol–water partition coefficient (Wildman–Crippen LogP) is -1.000. The van der Waals surface area contributed by atoms with E-state index >= 15 is 0 Å². The largest absolute Gasteiger partial charge is 0.381 e. The summed E-state index contributed by atoms with van der Waals surface area (Å²) in [5.74, 6) is -1.33. The average molecular weight is 290 g/mol. The molecule has 0 saturated carbocycles. The monoisotopic (exact) mass is 290 g/mol. The van der Waals surface area contributed by atoms with E-state index in [1.165, 1.54) is 0 Å². The molecule has 2 rings (SSSR count). The molecule has 21 heavy (non-hydrogen) atoms. The Morgan fingerprint density at radius 1 is 1.33 bits per heavy atom. The van der Waals surface area contributed by atoms with Gasteiger partial charge in [-0.15, -0.1) is 0 Å². The highest BCUT2D eigenvalue weighted by molar-refractivity contribution is 5.86. The molecule has 2 atom stereocenters. The van der Waals surface area contributed by atoms with Gasteiger partial charge >= 0.3 is 0 Å². The Hall–Kier alpha value is -2.38. The lowest BCUT2D eigenvalue weighted by atomic mass is 10.1. The molecule has 0 aliphatic rings. The zero-order chi connectivity index (χ0) is 15.4. The van der Waals surface area contributed by atoms with Crippen molar-refractivity contribution in [3.63, 3.8) is 0 Å². The summed E-state index contributed by atoms with van der Waals surface area (Å²) in [4.78, 5) is 25.6. The van der Waals surface area contributed by atoms with Crippen LogP contribution in [-0.2, 0) is 16.0 Å². The number of aliphatic hydroxyl groups is 1. The van der Waals surface area contributed by atoms with Crippen LogP contribution in [0.5, 0.6) is 0 Å². The number of hydrogen-bond acceptors (Lipinski definition) is 4. The molecule has 1 heterocycles. The van der Waals surface area contributed by atoms with Crippen molar-refractivity contribution < 1.29 is 14.7 Å². The Labute approximate surface area is 121 Å². The second-order valence-corrected chi connectivity index (χ2v) is 4.83. The number of para-hydroxylation sites is 1. The number of benzene rings is 1. The van der Waals surface area contributed by atoms with Crippen molar-refractivity contribution in [3.05, 3.63) is 36.0 Å². The minimum Gasteiger partial charge on any atom is -0.381 e. The van der Waals surface area contributed by atoms with Crippen molar-refractivity contribution in [1.82, 2.24) is 10.3 Å². The first kappa shape index (κ1) is 15.0. The molecule has 7 nitrogen and oxygen atoms in total. The lowest BCUT2D eigenvalue weighted by molar-refractivity contribution is -0.127. The number of rotatable bonds is 6. The highest BCUT2D eigenvalue weighted by Gasteiger charge is 2.18. The number of aromatic nitrogens is 1. The minimum atomic E-state index is -1.41. The normalized spacial score (nSPS) is 13.8. The van der Waals surface area contributed by atoms with E-state index in [1.54, 1.807) is 0 Å². The van der Waals surface area contributed by atoms with Gasteiger partial charge in [0, 0.05) is 17.1 Å². The summed E-state index contributed by atoms with van der Waals surface area (Å²) < 4.78 is 0. The second kappa shape index (κ2) is 6.38. The molecule has 2 unspecified atom stereocenters. The molecule has 0 aliphatic heterocycles. The summed E-state index contributed by atoms with van der Waals surface area (Å²) in [6.07, 6.45) is 0.757. The number of H-pyrrole nitrogens is 1. The molecule has 7 heteroatoms. The lowest BCUT2D eigenvalue weighted by Crippen LogP contribution is -2.47. The average Bonchev–Trinajstić information content (AvgIpc) is 2.87. The molecule has 0 spiro atoms. The van der Waals surface area contributed by atoms with Crippen LogP contribution in [0, 0.1) is 0 Å². The standard InChI is InChI=1S/C14H18N4O3/c15-10(14(21)18-7-12(19)13(16)20)5-8-6-17-11-4-2-1-3-9(8)11/h1-4,6,10,12,17,19H,5,7,15H2,(H2,16,20)(H,18,21). The number of carbonyl (C=O) groups is 2. The molecule has 1 aromatic heterocycles. The Morgan fingerprint density at radius 2 is 2.05 bits per heavy atom. The van der Waals surface area contributed by atoms with Gasteiger partial charge in [0.1, 0.15) is 6.10 Å². The summed E-state index contributed by atoms with van der Waals surface area (Å²) in [6.45, 7) is -0.240. The van der Waals surface area contributed by atoms with Gasteiger partial charge in [0.25, 0.3) is 0 Å². The summed E-state index contributed by atoms with van der Waals surface area (Å²) >= 11 is 0. The molecule has 112 valence electrons. The number of nitrogens with one attached hydrogen (secondary N) is 2. The molecule has 0 radical (unpaired) electrons. The van der Waals surface area contributed by atoms with Crippen LogP contribution in [-0.4, -0.2) is 40.6 Å². The van der Waals surface area contributed by atoms with Gasteiger partial charge in [-0.3, -0.25) is 9.59 Å². The van der Waals surface area contributed by atoms with Crippen molar-refractivity contribution >= 4 is 22.7 Å². The predicted molar refractivity (Wildman–Crippen MR) is 78.2 cm³/mol. The highest BCUT2D eigenvalue weighted by Crippen LogP contribution is 2.18. The molecule has 0 bridgehead atoms. The molecule has 0 saturated heterocycles. The van der Waals surface area contributed by atoms with Crippen molar-refractivity contribution in [3.8, 4) is 0 Å². The minimum absolute atomic E-state index is 0.240. The fourth-order valence-electron chi connectivity index (χ4n) is 2.06. The molecule has 0 aliphatic carbocycles. The number of amides is 2. The third-order valence-corrected chi connectivity index (χ3v) is 3.25. The van der Waals surface area contributed by atoms with Crippen molar-refractivity contribution in [2.75, 3.05) is 6.54 Å². The van der Waals surface area contributed by atoms with E-state index in [0.29, 0.717) is 6.42 Å². The maximum atomic E-state index is 11.8. The van der Waals surface area contributed by atoms with Crippen LogP contribution in [0.2, 0.25) is 0 Å². The Morgan fingerprint density at radius 3 is 2.76 bits per heavy atom. The zero-order valence-corrected chi connectivity index (χ0v) is 11.4. The van der Waals surface area contributed by atoms with Gasteiger partial charge in [-0.25, -0.2) is 0 Å². The molecule has 7 N–H and O–H groups in total. The first-order valence-electron chi connectivity index (χ1n) is 6.54. The molecule has 2 amide bonds. The van der Waals surface area contributed by atoms with Gasteiger partial charge in [0.2, 0.25) is 11.8 Å². The number of fused-ring (bicyclic) bond motifs is 1. The van der Waals surface area contributed by atoms with Gasteiger partial charge in [-0.2, -0.15) is 0 Å². The number of aromatic amines is 1. The third-order valence-electron chi connectivity index (χ3n) is 3.25. The van der Waals surface area contributed by atoms with Crippen molar-refractivity contribution in [2.45, 2.75) is 18.6 Å².